The van der Waals surface area contributed by atoms with E-state index in [-0.39, 0.29) is 11.0 Å². The summed E-state index contributed by atoms with van der Waals surface area (Å²) in [5.41, 5.74) is -0.777. The molecule has 0 rings (SSSR count). The molecule has 0 saturated carbocycles. The molecule has 0 radical (unpaired) electrons. The van der Waals surface area contributed by atoms with Gasteiger partial charge in [-0.15, -0.1) is 0 Å². The van der Waals surface area contributed by atoms with Crippen LogP contribution in [0.1, 0.15) is 20.8 Å². The predicted molar refractivity (Wildman–Crippen MR) is 70.8 cm³/mol. The minimum atomic E-state index is -2.98. The fourth-order valence-electron chi connectivity index (χ4n) is 1.17. The van der Waals surface area contributed by atoms with E-state index >= 15 is 0 Å². The minimum Gasteiger partial charge on any atom is -0.388 e. The number of nitrogens with one attached hydrogen (secondary N) is 1. The van der Waals surface area contributed by atoms with Gasteiger partial charge in [-0.05, 0) is 27.0 Å². The molecule has 4 nitrogen and oxygen atoms in total. The van der Waals surface area contributed by atoms with Crippen LogP contribution in [-0.4, -0.2) is 55.2 Å². The Balaban J connectivity index is 3.85. The van der Waals surface area contributed by atoms with Crippen molar-refractivity contribution in [3.05, 3.63) is 0 Å². The normalized spacial score (nSPS) is 16.4. The lowest BCUT2D eigenvalue weighted by Gasteiger charge is -2.22. The van der Waals surface area contributed by atoms with E-state index in [0.29, 0.717) is 18.8 Å². The highest BCUT2D eigenvalue weighted by molar-refractivity contribution is 7.98. The van der Waals surface area contributed by atoms with Gasteiger partial charge in [0.05, 0.1) is 16.6 Å². The molecule has 16 heavy (non-hydrogen) atoms. The van der Waals surface area contributed by atoms with Crippen LogP contribution >= 0.6 is 11.8 Å². The maximum absolute atomic E-state index is 11.5. The van der Waals surface area contributed by atoms with E-state index in [1.54, 1.807) is 32.5 Å². The molecule has 0 heterocycles. The lowest BCUT2D eigenvalue weighted by Crippen LogP contribution is -2.41. The van der Waals surface area contributed by atoms with Gasteiger partial charge < -0.3 is 10.4 Å². The van der Waals surface area contributed by atoms with E-state index < -0.39 is 15.4 Å². The van der Waals surface area contributed by atoms with Gasteiger partial charge in [0, 0.05) is 18.8 Å². The Morgan fingerprint density at radius 1 is 1.44 bits per heavy atom. The first-order chi connectivity index (χ1) is 7.21. The van der Waals surface area contributed by atoms with Gasteiger partial charge in [0.2, 0.25) is 0 Å². The van der Waals surface area contributed by atoms with Crippen molar-refractivity contribution in [2.24, 2.45) is 0 Å². The quantitative estimate of drug-likeness (QED) is 0.629. The van der Waals surface area contributed by atoms with Crippen LogP contribution in [0, 0.1) is 0 Å². The third-order valence-electron chi connectivity index (χ3n) is 2.24. The molecule has 0 aromatic heterocycles. The molecule has 0 spiro atoms. The molecular formula is C10H23NO3S2. The van der Waals surface area contributed by atoms with E-state index in [1.807, 2.05) is 6.26 Å². The number of aliphatic hydroxyl groups is 1. The Labute approximate surface area is 103 Å². The van der Waals surface area contributed by atoms with Crippen LogP contribution in [0.5, 0.6) is 0 Å². The SMILES string of the molecule is CSCC(C)(O)CNCCS(=O)(=O)C(C)C. The second kappa shape index (κ2) is 6.83. The number of rotatable bonds is 8. The standard InChI is InChI=1S/C10H23NO3S2/c1-9(2)16(13,14)6-5-11-7-10(3,12)8-15-4/h9,11-12H,5-8H2,1-4H3. The van der Waals surface area contributed by atoms with Crippen molar-refractivity contribution in [2.45, 2.75) is 31.6 Å². The van der Waals surface area contributed by atoms with Crippen molar-refractivity contribution in [3.8, 4) is 0 Å². The van der Waals surface area contributed by atoms with Crippen LogP contribution in [0.4, 0.5) is 0 Å². The average Bonchev–Trinajstić information content (AvgIpc) is 2.12. The van der Waals surface area contributed by atoms with Gasteiger partial charge in [0.25, 0.3) is 0 Å². The van der Waals surface area contributed by atoms with Crippen LogP contribution in [0.15, 0.2) is 0 Å². The molecule has 6 heteroatoms. The summed E-state index contributed by atoms with van der Waals surface area (Å²) in [6.07, 6.45) is 1.93. The largest absolute Gasteiger partial charge is 0.388 e. The lowest BCUT2D eigenvalue weighted by atomic mass is 10.1. The Morgan fingerprint density at radius 2 is 2.00 bits per heavy atom. The average molecular weight is 269 g/mol. The zero-order valence-electron chi connectivity index (χ0n) is 10.5. The number of sulfone groups is 1. The highest BCUT2D eigenvalue weighted by atomic mass is 32.2. The second-order valence-corrected chi connectivity index (χ2v) is 8.07. The molecule has 0 aliphatic rings. The molecule has 0 aliphatic heterocycles. The summed E-state index contributed by atoms with van der Waals surface area (Å²) in [5.74, 6) is 0.761. The van der Waals surface area contributed by atoms with E-state index in [1.165, 1.54) is 0 Å². The third-order valence-corrected chi connectivity index (χ3v) is 5.36. The molecule has 0 bridgehead atoms. The second-order valence-electron chi connectivity index (χ2n) is 4.52. The first kappa shape index (κ1) is 16.2. The fraction of sp³-hybridized carbons (Fsp3) is 1.00. The maximum atomic E-state index is 11.5. The van der Waals surface area contributed by atoms with Gasteiger partial charge in [0.1, 0.15) is 0 Å². The van der Waals surface area contributed by atoms with Gasteiger partial charge in [-0.1, -0.05) is 0 Å². The number of hydrogen-bond donors (Lipinski definition) is 2. The first-order valence-electron chi connectivity index (χ1n) is 5.35. The van der Waals surface area contributed by atoms with Crippen LogP contribution in [0.25, 0.3) is 0 Å². The molecule has 0 aliphatic carbocycles. The van der Waals surface area contributed by atoms with Gasteiger partial charge >= 0.3 is 0 Å². The Hall–Kier alpha value is 0.220. The Kier molecular flexibility index (Phi) is 6.93. The van der Waals surface area contributed by atoms with Gasteiger partial charge in [0.15, 0.2) is 9.84 Å². The van der Waals surface area contributed by atoms with Crippen molar-refractivity contribution >= 4 is 21.6 Å². The first-order valence-corrected chi connectivity index (χ1v) is 8.46. The molecule has 98 valence electrons. The minimum absolute atomic E-state index is 0.125. The van der Waals surface area contributed by atoms with E-state index in [2.05, 4.69) is 5.32 Å². The maximum Gasteiger partial charge on any atom is 0.153 e. The summed E-state index contributed by atoms with van der Waals surface area (Å²) in [7, 11) is -2.98. The number of thioether (sulfide) groups is 1. The smallest absolute Gasteiger partial charge is 0.153 e. The summed E-state index contributed by atoms with van der Waals surface area (Å²) >= 11 is 1.57. The monoisotopic (exact) mass is 269 g/mol. The summed E-state index contributed by atoms with van der Waals surface area (Å²) in [4.78, 5) is 0. The molecule has 0 fully saturated rings. The lowest BCUT2D eigenvalue weighted by molar-refractivity contribution is 0.0856. The van der Waals surface area contributed by atoms with Crippen molar-refractivity contribution in [3.63, 3.8) is 0 Å². The predicted octanol–water partition coefficient (Wildman–Crippen LogP) is 0.513. The zero-order valence-corrected chi connectivity index (χ0v) is 12.1. The summed E-state index contributed by atoms with van der Waals surface area (Å²) in [5, 5.41) is 12.5. The van der Waals surface area contributed by atoms with E-state index in [0.717, 1.165) is 0 Å². The molecule has 0 saturated heterocycles. The highest BCUT2D eigenvalue weighted by Crippen LogP contribution is 2.08. The number of hydrogen-bond acceptors (Lipinski definition) is 5. The zero-order chi connectivity index (χ0) is 12.8. The van der Waals surface area contributed by atoms with E-state index in [9.17, 15) is 13.5 Å². The van der Waals surface area contributed by atoms with Crippen LogP contribution in [0.2, 0.25) is 0 Å². The van der Waals surface area contributed by atoms with Crippen molar-refractivity contribution in [2.75, 3.05) is 30.9 Å². The third kappa shape index (κ3) is 6.73. The molecular weight excluding hydrogens is 246 g/mol. The molecule has 2 N–H and O–H groups in total. The van der Waals surface area contributed by atoms with Crippen molar-refractivity contribution < 1.29 is 13.5 Å². The van der Waals surface area contributed by atoms with Gasteiger partial charge in [-0.2, -0.15) is 11.8 Å². The van der Waals surface area contributed by atoms with Crippen molar-refractivity contribution in [1.29, 1.82) is 0 Å². The molecule has 0 aromatic rings. The topological polar surface area (TPSA) is 66.4 Å². The van der Waals surface area contributed by atoms with Gasteiger partial charge in [-0.25, -0.2) is 8.42 Å². The summed E-state index contributed by atoms with van der Waals surface area (Å²) in [6.45, 7) is 5.92. The summed E-state index contributed by atoms with van der Waals surface area (Å²) in [6, 6.07) is 0. The Bertz CT molecular complexity index is 286. The van der Waals surface area contributed by atoms with Gasteiger partial charge in [-0.3, -0.25) is 0 Å². The molecule has 1 unspecified atom stereocenters. The Morgan fingerprint density at radius 3 is 2.44 bits per heavy atom. The molecule has 0 amide bonds. The van der Waals surface area contributed by atoms with E-state index in [4.69, 9.17) is 0 Å². The molecule has 1 atom stereocenters. The van der Waals surface area contributed by atoms with Crippen LogP contribution in [-0.2, 0) is 9.84 Å². The van der Waals surface area contributed by atoms with Crippen molar-refractivity contribution in [1.82, 2.24) is 5.32 Å². The highest BCUT2D eigenvalue weighted by Gasteiger charge is 2.20. The molecule has 0 aromatic carbocycles. The fourth-order valence-corrected chi connectivity index (χ4v) is 2.79. The summed E-state index contributed by atoms with van der Waals surface area (Å²) < 4.78 is 22.9. The van der Waals surface area contributed by atoms with Crippen LogP contribution < -0.4 is 5.32 Å². The van der Waals surface area contributed by atoms with Crippen LogP contribution in [0.3, 0.4) is 0 Å².